The molecule has 0 bridgehead atoms. The van der Waals surface area contributed by atoms with Crippen molar-refractivity contribution in [3.63, 3.8) is 0 Å². The predicted molar refractivity (Wildman–Crippen MR) is 137 cm³/mol. The zero-order chi connectivity index (χ0) is 24.4. The van der Waals surface area contributed by atoms with Gasteiger partial charge in [0, 0.05) is 24.5 Å². The Labute approximate surface area is 205 Å². The third-order valence-corrected chi connectivity index (χ3v) is 7.03. The van der Waals surface area contributed by atoms with Crippen LogP contribution < -0.4 is 15.5 Å². The SMILES string of the molecule is CC1(c2ccc3ccccc3c2)NC(=O)N(CC(=O)Nc2ccc(N3CCCCCC3)cc2)C1=O. The van der Waals surface area contributed by atoms with E-state index in [-0.39, 0.29) is 6.54 Å². The molecule has 2 heterocycles. The molecule has 3 aromatic carbocycles. The van der Waals surface area contributed by atoms with Gasteiger partial charge in [0.05, 0.1) is 0 Å². The quantitative estimate of drug-likeness (QED) is 0.533. The lowest BCUT2D eigenvalue weighted by atomic mass is 9.90. The van der Waals surface area contributed by atoms with Crippen LogP contribution in [0.1, 0.15) is 38.2 Å². The number of rotatable bonds is 5. The van der Waals surface area contributed by atoms with Crippen LogP contribution in [0.5, 0.6) is 0 Å². The van der Waals surface area contributed by atoms with Crippen molar-refractivity contribution in [2.24, 2.45) is 0 Å². The maximum Gasteiger partial charge on any atom is 0.325 e. The summed E-state index contributed by atoms with van der Waals surface area (Å²) in [7, 11) is 0. The van der Waals surface area contributed by atoms with Crippen molar-refractivity contribution in [2.75, 3.05) is 29.9 Å². The monoisotopic (exact) mass is 470 g/mol. The lowest BCUT2D eigenvalue weighted by Crippen LogP contribution is -2.42. The van der Waals surface area contributed by atoms with Crippen LogP contribution in [0.25, 0.3) is 10.8 Å². The molecule has 2 aliphatic heterocycles. The number of hydrogen-bond acceptors (Lipinski definition) is 4. The van der Waals surface area contributed by atoms with Gasteiger partial charge in [-0.15, -0.1) is 0 Å². The van der Waals surface area contributed by atoms with Gasteiger partial charge >= 0.3 is 6.03 Å². The third-order valence-electron chi connectivity index (χ3n) is 7.03. The van der Waals surface area contributed by atoms with E-state index in [1.807, 2.05) is 66.7 Å². The summed E-state index contributed by atoms with van der Waals surface area (Å²) in [6, 6.07) is 20.7. The topological polar surface area (TPSA) is 81.8 Å². The average Bonchev–Trinajstić information content (AvgIpc) is 3.06. The van der Waals surface area contributed by atoms with Gasteiger partial charge in [-0.25, -0.2) is 4.79 Å². The summed E-state index contributed by atoms with van der Waals surface area (Å²) >= 11 is 0. The van der Waals surface area contributed by atoms with Gasteiger partial charge in [0.1, 0.15) is 12.1 Å². The van der Waals surface area contributed by atoms with Crippen molar-refractivity contribution < 1.29 is 14.4 Å². The molecule has 0 saturated carbocycles. The minimum absolute atomic E-state index is 0.346. The maximum atomic E-state index is 13.3. The van der Waals surface area contributed by atoms with Crippen LogP contribution in [0, 0.1) is 0 Å². The highest BCUT2D eigenvalue weighted by Crippen LogP contribution is 2.31. The molecule has 35 heavy (non-hydrogen) atoms. The van der Waals surface area contributed by atoms with Crippen molar-refractivity contribution in [1.29, 1.82) is 0 Å². The molecular formula is C28H30N4O3. The van der Waals surface area contributed by atoms with E-state index in [2.05, 4.69) is 15.5 Å². The van der Waals surface area contributed by atoms with Gasteiger partial charge in [-0.2, -0.15) is 0 Å². The molecule has 7 nitrogen and oxygen atoms in total. The summed E-state index contributed by atoms with van der Waals surface area (Å²) in [4.78, 5) is 42.0. The number of benzene rings is 3. The fourth-order valence-electron chi connectivity index (χ4n) is 4.97. The van der Waals surface area contributed by atoms with Crippen molar-refractivity contribution in [3.05, 3.63) is 72.3 Å². The Morgan fingerprint density at radius 3 is 2.31 bits per heavy atom. The second-order valence-electron chi connectivity index (χ2n) is 9.50. The first-order chi connectivity index (χ1) is 16.9. The molecule has 2 N–H and O–H groups in total. The van der Waals surface area contributed by atoms with E-state index in [1.54, 1.807) is 6.92 Å². The zero-order valence-electron chi connectivity index (χ0n) is 19.9. The number of amides is 4. The number of fused-ring (bicyclic) bond motifs is 1. The lowest BCUT2D eigenvalue weighted by Gasteiger charge is -2.23. The zero-order valence-corrected chi connectivity index (χ0v) is 19.9. The van der Waals surface area contributed by atoms with Gasteiger partial charge in [-0.3, -0.25) is 14.5 Å². The van der Waals surface area contributed by atoms with Crippen LogP contribution in [0.2, 0.25) is 0 Å². The Kier molecular flexibility index (Phi) is 6.16. The van der Waals surface area contributed by atoms with E-state index in [9.17, 15) is 14.4 Å². The maximum absolute atomic E-state index is 13.3. The standard InChI is InChI=1S/C28H30N4O3/c1-28(22-11-10-20-8-4-5-9-21(20)18-22)26(34)32(27(35)30-28)19-25(33)29-23-12-14-24(15-13-23)31-16-6-2-3-7-17-31/h4-5,8-15,18H,2-3,6-7,16-17,19H2,1H3,(H,29,33)(H,30,35). The van der Waals surface area contributed by atoms with Gasteiger partial charge in [0.2, 0.25) is 5.91 Å². The number of hydrogen-bond donors (Lipinski definition) is 2. The first kappa shape index (κ1) is 22.9. The molecule has 4 amide bonds. The third kappa shape index (κ3) is 4.58. The van der Waals surface area contributed by atoms with Gasteiger partial charge in [-0.05, 0) is 66.4 Å². The van der Waals surface area contributed by atoms with Gasteiger partial charge in [0.15, 0.2) is 0 Å². The summed E-state index contributed by atoms with van der Waals surface area (Å²) in [5.41, 5.74) is 1.24. The van der Waals surface area contributed by atoms with Crippen LogP contribution in [0.3, 0.4) is 0 Å². The Morgan fingerprint density at radius 1 is 0.914 bits per heavy atom. The fourth-order valence-corrected chi connectivity index (χ4v) is 4.97. The molecule has 2 fully saturated rings. The normalized spacial score (nSPS) is 20.6. The Hall–Kier alpha value is -3.87. The number of imide groups is 1. The van der Waals surface area contributed by atoms with Crippen molar-refractivity contribution >= 4 is 40.0 Å². The Morgan fingerprint density at radius 2 is 1.60 bits per heavy atom. The van der Waals surface area contributed by atoms with Crippen molar-refractivity contribution in [1.82, 2.24) is 10.2 Å². The summed E-state index contributed by atoms with van der Waals surface area (Å²) in [5.74, 6) is -0.858. The minimum Gasteiger partial charge on any atom is -0.372 e. The van der Waals surface area contributed by atoms with Crippen LogP contribution in [0.15, 0.2) is 66.7 Å². The molecule has 1 atom stereocenters. The average molecular weight is 471 g/mol. The summed E-state index contributed by atoms with van der Waals surface area (Å²) in [5, 5.41) is 7.62. The Balaban J connectivity index is 1.25. The molecular weight excluding hydrogens is 440 g/mol. The largest absolute Gasteiger partial charge is 0.372 e. The van der Waals surface area contributed by atoms with E-state index in [4.69, 9.17) is 0 Å². The van der Waals surface area contributed by atoms with E-state index in [1.165, 1.54) is 25.7 Å². The number of urea groups is 1. The molecule has 0 aliphatic carbocycles. The highest BCUT2D eigenvalue weighted by atomic mass is 16.2. The predicted octanol–water partition coefficient (Wildman–Crippen LogP) is 4.63. The molecule has 5 rings (SSSR count). The molecule has 0 spiro atoms. The molecule has 2 saturated heterocycles. The molecule has 1 unspecified atom stereocenters. The number of carbonyl (C=O) groups excluding carboxylic acids is 3. The second kappa shape index (κ2) is 9.41. The highest BCUT2D eigenvalue weighted by molar-refractivity contribution is 6.10. The van der Waals surface area contributed by atoms with Crippen LogP contribution >= 0.6 is 0 Å². The van der Waals surface area contributed by atoms with Gasteiger partial charge in [-0.1, -0.05) is 49.2 Å². The summed E-state index contributed by atoms with van der Waals surface area (Å²) in [6.45, 7) is 3.43. The van der Waals surface area contributed by atoms with E-state index in [0.29, 0.717) is 11.3 Å². The van der Waals surface area contributed by atoms with Crippen LogP contribution in [-0.2, 0) is 15.1 Å². The first-order valence-electron chi connectivity index (χ1n) is 12.2. The van der Waals surface area contributed by atoms with Crippen LogP contribution in [0.4, 0.5) is 16.2 Å². The number of carbonyl (C=O) groups is 3. The molecule has 0 radical (unpaired) electrons. The van der Waals surface area contributed by atoms with Crippen LogP contribution in [-0.4, -0.2) is 42.4 Å². The fraction of sp³-hybridized carbons (Fsp3) is 0.321. The number of nitrogens with zero attached hydrogens (tertiary/aromatic N) is 2. The summed E-state index contributed by atoms with van der Waals surface area (Å²) in [6.07, 6.45) is 4.94. The van der Waals surface area contributed by atoms with Gasteiger partial charge in [0.25, 0.3) is 5.91 Å². The van der Waals surface area contributed by atoms with E-state index in [0.717, 1.165) is 34.4 Å². The summed E-state index contributed by atoms with van der Waals surface area (Å²) < 4.78 is 0. The van der Waals surface area contributed by atoms with E-state index >= 15 is 0 Å². The first-order valence-corrected chi connectivity index (χ1v) is 12.2. The minimum atomic E-state index is -1.23. The Bertz CT molecular complexity index is 1260. The molecule has 3 aromatic rings. The van der Waals surface area contributed by atoms with Crippen molar-refractivity contribution in [2.45, 2.75) is 38.1 Å². The molecule has 0 aromatic heterocycles. The number of anilines is 2. The number of nitrogens with one attached hydrogen (secondary N) is 2. The molecule has 180 valence electrons. The van der Waals surface area contributed by atoms with E-state index < -0.39 is 23.4 Å². The molecule has 7 heteroatoms. The van der Waals surface area contributed by atoms with Crippen molar-refractivity contribution in [3.8, 4) is 0 Å². The molecule has 2 aliphatic rings. The second-order valence-corrected chi connectivity index (χ2v) is 9.50. The smallest absolute Gasteiger partial charge is 0.325 e. The highest BCUT2D eigenvalue weighted by Gasteiger charge is 2.49. The van der Waals surface area contributed by atoms with Gasteiger partial charge < -0.3 is 15.5 Å². The lowest BCUT2D eigenvalue weighted by molar-refractivity contribution is -0.133.